The van der Waals surface area contributed by atoms with Crippen molar-refractivity contribution in [1.82, 2.24) is 0 Å². The van der Waals surface area contributed by atoms with Crippen molar-refractivity contribution >= 4 is 12.6 Å². The molecule has 0 radical (unpaired) electrons. The molecule has 1 fully saturated rings. The zero-order valence-corrected chi connectivity index (χ0v) is 9.11. The van der Waals surface area contributed by atoms with Gasteiger partial charge in [0.25, 0.3) is 0 Å². The highest BCUT2D eigenvalue weighted by atomic mass is 19.1. The molecular weight excluding hydrogens is 210 g/mol. The predicted molar refractivity (Wildman–Crippen MR) is 59.2 cm³/mol. The summed E-state index contributed by atoms with van der Waals surface area (Å²) in [5.74, 6) is -0.00484. The first kappa shape index (κ1) is 11.4. The van der Waals surface area contributed by atoms with Crippen LogP contribution in [0.15, 0.2) is 12.1 Å². The van der Waals surface area contributed by atoms with Crippen LogP contribution in [0.25, 0.3) is 0 Å². The third kappa shape index (κ3) is 2.36. The van der Waals surface area contributed by atoms with Gasteiger partial charge in [-0.2, -0.15) is 0 Å². The number of ether oxygens (including phenoxy) is 1. The van der Waals surface area contributed by atoms with E-state index < -0.39 is 12.9 Å². The first-order valence-corrected chi connectivity index (χ1v) is 5.34. The Hall–Kier alpha value is -1.07. The van der Waals surface area contributed by atoms with Gasteiger partial charge >= 0.3 is 7.12 Å². The SMILES string of the molecule is COc1c(F)cc(CC2CC2)cc1B(O)O. The molecule has 1 aliphatic rings. The van der Waals surface area contributed by atoms with Gasteiger partial charge in [-0.25, -0.2) is 4.39 Å². The summed E-state index contributed by atoms with van der Waals surface area (Å²) in [5, 5.41) is 18.3. The molecule has 0 saturated heterocycles. The van der Waals surface area contributed by atoms with Gasteiger partial charge in [0.2, 0.25) is 0 Å². The van der Waals surface area contributed by atoms with Crippen LogP contribution < -0.4 is 10.2 Å². The van der Waals surface area contributed by atoms with Crippen molar-refractivity contribution in [2.24, 2.45) is 5.92 Å². The predicted octanol–water partition coefficient (Wildman–Crippen LogP) is 0.467. The molecule has 2 N–H and O–H groups in total. The number of methoxy groups -OCH3 is 1. The van der Waals surface area contributed by atoms with Crippen LogP contribution in [0.3, 0.4) is 0 Å². The molecule has 1 saturated carbocycles. The fraction of sp³-hybridized carbons (Fsp3) is 0.455. The van der Waals surface area contributed by atoms with Crippen LogP contribution >= 0.6 is 0 Å². The molecule has 0 heterocycles. The van der Waals surface area contributed by atoms with Crippen LogP contribution in [0, 0.1) is 11.7 Å². The molecule has 5 heteroatoms. The molecule has 86 valence electrons. The van der Waals surface area contributed by atoms with Crippen molar-refractivity contribution in [3.8, 4) is 5.75 Å². The summed E-state index contributed by atoms with van der Waals surface area (Å²) >= 11 is 0. The van der Waals surface area contributed by atoms with E-state index in [1.54, 1.807) is 6.07 Å². The highest BCUT2D eigenvalue weighted by Crippen LogP contribution is 2.33. The van der Waals surface area contributed by atoms with Gasteiger partial charge in [0.1, 0.15) is 0 Å². The average molecular weight is 224 g/mol. The maximum absolute atomic E-state index is 13.6. The first-order chi connectivity index (χ1) is 7.61. The monoisotopic (exact) mass is 224 g/mol. The van der Waals surface area contributed by atoms with E-state index in [2.05, 4.69) is 0 Å². The molecular formula is C11H14BFO3. The minimum atomic E-state index is -1.70. The second-order valence-electron chi connectivity index (χ2n) is 4.22. The van der Waals surface area contributed by atoms with E-state index in [-0.39, 0.29) is 11.2 Å². The summed E-state index contributed by atoms with van der Waals surface area (Å²) in [6, 6.07) is 3.01. The van der Waals surface area contributed by atoms with Crippen LogP contribution in [0.1, 0.15) is 18.4 Å². The molecule has 0 aromatic heterocycles. The lowest BCUT2D eigenvalue weighted by molar-refractivity contribution is 0.381. The maximum atomic E-state index is 13.6. The fourth-order valence-electron chi connectivity index (χ4n) is 1.85. The van der Waals surface area contributed by atoms with Crippen molar-refractivity contribution < 1.29 is 19.2 Å². The largest absolute Gasteiger partial charge is 0.494 e. The molecule has 0 spiro atoms. The third-order valence-electron chi connectivity index (χ3n) is 2.84. The Morgan fingerprint density at radius 2 is 2.12 bits per heavy atom. The molecule has 1 aliphatic carbocycles. The van der Waals surface area contributed by atoms with Crippen LogP contribution in [0.4, 0.5) is 4.39 Å². The summed E-state index contributed by atoms with van der Waals surface area (Å²) in [5.41, 5.74) is 0.891. The first-order valence-electron chi connectivity index (χ1n) is 5.34. The Kier molecular flexibility index (Phi) is 3.16. The van der Waals surface area contributed by atoms with Gasteiger partial charge in [0, 0.05) is 5.46 Å². The van der Waals surface area contributed by atoms with Crippen molar-refractivity contribution in [2.75, 3.05) is 7.11 Å². The summed E-state index contributed by atoms with van der Waals surface area (Å²) in [6.45, 7) is 0. The number of hydrogen-bond donors (Lipinski definition) is 2. The maximum Gasteiger partial charge on any atom is 0.492 e. The topological polar surface area (TPSA) is 49.7 Å². The molecule has 1 aromatic rings. The number of halogens is 1. The second-order valence-corrected chi connectivity index (χ2v) is 4.22. The summed E-state index contributed by atoms with van der Waals surface area (Å²) < 4.78 is 18.4. The molecule has 0 amide bonds. The summed E-state index contributed by atoms with van der Waals surface area (Å²) in [4.78, 5) is 0. The van der Waals surface area contributed by atoms with Crippen molar-refractivity contribution in [1.29, 1.82) is 0 Å². The number of benzene rings is 1. The van der Waals surface area contributed by atoms with Gasteiger partial charge in [0.15, 0.2) is 11.6 Å². The quantitative estimate of drug-likeness (QED) is 0.730. The number of rotatable bonds is 4. The van der Waals surface area contributed by atoms with Crippen molar-refractivity contribution in [3.63, 3.8) is 0 Å². The van der Waals surface area contributed by atoms with Gasteiger partial charge in [-0.1, -0.05) is 6.07 Å². The summed E-state index contributed by atoms with van der Waals surface area (Å²) in [7, 11) is -0.395. The van der Waals surface area contributed by atoms with E-state index in [1.165, 1.54) is 26.0 Å². The molecule has 1 aromatic carbocycles. The Morgan fingerprint density at radius 3 is 2.62 bits per heavy atom. The highest BCUT2D eigenvalue weighted by Gasteiger charge is 2.25. The van der Waals surface area contributed by atoms with E-state index in [1.807, 2.05) is 0 Å². The fourth-order valence-corrected chi connectivity index (χ4v) is 1.85. The van der Waals surface area contributed by atoms with E-state index in [0.29, 0.717) is 5.92 Å². The van der Waals surface area contributed by atoms with Gasteiger partial charge in [0.05, 0.1) is 7.11 Å². The van der Waals surface area contributed by atoms with Crippen LogP contribution in [-0.2, 0) is 6.42 Å². The molecule has 0 atom stereocenters. The average Bonchev–Trinajstić information content (AvgIpc) is 3.00. The minimum Gasteiger partial charge on any atom is -0.494 e. The van der Waals surface area contributed by atoms with Crippen LogP contribution in [-0.4, -0.2) is 24.3 Å². The Labute approximate surface area is 94.0 Å². The zero-order chi connectivity index (χ0) is 11.7. The minimum absolute atomic E-state index is 0.0884. The second kappa shape index (κ2) is 4.43. The molecule has 2 rings (SSSR count). The Balaban J connectivity index is 2.34. The molecule has 0 unspecified atom stereocenters. The van der Waals surface area contributed by atoms with Gasteiger partial charge in [-0.3, -0.25) is 0 Å². The standard InChI is InChI=1S/C11H14BFO3/c1-16-11-9(12(14)15)5-8(6-10(11)13)4-7-2-3-7/h5-7,14-15H,2-4H2,1H3. The van der Waals surface area contributed by atoms with E-state index in [4.69, 9.17) is 14.8 Å². The van der Waals surface area contributed by atoms with Gasteiger partial charge in [-0.05, 0) is 36.8 Å². The zero-order valence-electron chi connectivity index (χ0n) is 9.11. The normalized spacial score (nSPS) is 15.0. The van der Waals surface area contributed by atoms with Gasteiger partial charge < -0.3 is 14.8 Å². The van der Waals surface area contributed by atoms with Crippen LogP contribution in [0.2, 0.25) is 0 Å². The molecule has 0 aliphatic heterocycles. The highest BCUT2D eigenvalue weighted by molar-refractivity contribution is 6.59. The lowest BCUT2D eigenvalue weighted by Gasteiger charge is -2.11. The van der Waals surface area contributed by atoms with Crippen LogP contribution in [0.5, 0.6) is 5.75 Å². The summed E-state index contributed by atoms with van der Waals surface area (Å²) in [6.07, 6.45) is 3.13. The van der Waals surface area contributed by atoms with E-state index in [0.717, 1.165) is 12.0 Å². The third-order valence-corrected chi connectivity index (χ3v) is 2.84. The van der Waals surface area contributed by atoms with Crippen molar-refractivity contribution in [2.45, 2.75) is 19.3 Å². The lowest BCUT2D eigenvalue weighted by Crippen LogP contribution is -2.32. The molecule has 16 heavy (non-hydrogen) atoms. The van der Waals surface area contributed by atoms with E-state index in [9.17, 15) is 4.39 Å². The smallest absolute Gasteiger partial charge is 0.492 e. The molecule has 3 nitrogen and oxygen atoms in total. The van der Waals surface area contributed by atoms with Crippen molar-refractivity contribution in [3.05, 3.63) is 23.5 Å². The Bertz CT molecular complexity index is 391. The lowest BCUT2D eigenvalue weighted by atomic mass is 9.78. The number of hydrogen-bond acceptors (Lipinski definition) is 3. The Morgan fingerprint density at radius 1 is 1.44 bits per heavy atom. The van der Waals surface area contributed by atoms with E-state index >= 15 is 0 Å². The van der Waals surface area contributed by atoms with Gasteiger partial charge in [-0.15, -0.1) is 0 Å². The molecule has 0 bridgehead atoms.